The standard InChI is InChI=1S/C10H13N3/c1-3-4-8-13(2)9-10-11-6-5-7-12-10/h5-7H,8-9H2,1-2H3. The average molecular weight is 175 g/mol. The van der Waals surface area contributed by atoms with E-state index in [0.29, 0.717) is 0 Å². The second-order valence-electron chi connectivity index (χ2n) is 2.76. The van der Waals surface area contributed by atoms with Crippen molar-refractivity contribution in [3.05, 3.63) is 24.3 Å². The maximum Gasteiger partial charge on any atom is 0.142 e. The summed E-state index contributed by atoms with van der Waals surface area (Å²) in [6.45, 7) is 3.34. The van der Waals surface area contributed by atoms with Crippen molar-refractivity contribution >= 4 is 0 Å². The normalized spacial score (nSPS) is 9.46. The van der Waals surface area contributed by atoms with Crippen LogP contribution in [-0.4, -0.2) is 28.5 Å². The molecule has 1 aromatic rings. The summed E-state index contributed by atoms with van der Waals surface area (Å²) < 4.78 is 0. The fourth-order valence-electron chi connectivity index (χ4n) is 0.923. The van der Waals surface area contributed by atoms with Gasteiger partial charge in [-0.15, -0.1) is 5.92 Å². The van der Waals surface area contributed by atoms with Crippen LogP contribution in [-0.2, 0) is 6.54 Å². The van der Waals surface area contributed by atoms with Crippen molar-refractivity contribution in [3.8, 4) is 11.8 Å². The van der Waals surface area contributed by atoms with Crippen molar-refractivity contribution < 1.29 is 0 Å². The molecule has 0 fully saturated rings. The summed E-state index contributed by atoms with van der Waals surface area (Å²) >= 11 is 0. The third-order valence-electron chi connectivity index (χ3n) is 1.56. The smallest absolute Gasteiger partial charge is 0.142 e. The first kappa shape index (κ1) is 9.69. The highest BCUT2D eigenvalue weighted by Crippen LogP contribution is 1.93. The minimum Gasteiger partial charge on any atom is -0.288 e. The van der Waals surface area contributed by atoms with Gasteiger partial charge < -0.3 is 0 Å². The molecule has 0 radical (unpaired) electrons. The van der Waals surface area contributed by atoms with Crippen LogP contribution in [0, 0.1) is 11.8 Å². The summed E-state index contributed by atoms with van der Waals surface area (Å²) in [6, 6.07) is 1.81. The van der Waals surface area contributed by atoms with Gasteiger partial charge in [0.05, 0.1) is 13.1 Å². The van der Waals surface area contributed by atoms with Crippen LogP contribution in [0.3, 0.4) is 0 Å². The molecule has 0 spiro atoms. The fourth-order valence-corrected chi connectivity index (χ4v) is 0.923. The third-order valence-corrected chi connectivity index (χ3v) is 1.56. The van der Waals surface area contributed by atoms with Crippen LogP contribution in [0.2, 0.25) is 0 Å². The molecule has 1 aromatic heterocycles. The Kier molecular flexibility index (Phi) is 3.94. The quantitative estimate of drug-likeness (QED) is 0.640. The van der Waals surface area contributed by atoms with E-state index in [2.05, 4.69) is 26.7 Å². The number of nitrogens with zero attached hydrogens (tertiary/aromatic N) is 3. The Bertz CT molecular complexity index is 297. The van der Waals surface area contributed by atoms with Gasteiger partial charge >= 0.3 is 0 Å². The van der Waals surface area contributed by atoms with Gasteiger partial charge in [-0.2, -0.15) is 0 Å². The monoisotopic (exact) mass is 175 g/mol. The lowest BCUT2D eigenvalue weighted by Crippen LogP contribution is -2.19. The second kappa shape index (κ2) is 5.28. The molecular formula is C10H13N3. The molecule has 0 aliphatic rings. The SMILES string of the molecule is CC#CCN(C)Cc1ncccn1. The molecule has 0 atom stereocenters. The molecule has 0 aliphatic carbocycles. The van der Waals surface area contributed by atoms with E-state index in [1.165, 1.54) is 0 Å². The molecule has 0 saturated heterocycles. The molecule has 0 saturated carbocycles. The maximum absolute atomic E-state index is 4.13. The van der Waals surface area contributed by atoms with Crippen molar-refractivity contribution in [2.24, 2.45) is 0 Å². The molecule has 0 bridgehead atoms. The van der Waals surface area contributed by atoms with Crippen LogP contribution in [0.4, 0.5) is 0 Å². The molecule has 0 aromatic carbocycles. The van der Waals surface area contributed by atoms with E-state index in [4.69, 9.17) is 0 Å². The van der Waals surface area contributed by atoms with Gasteiger partial charge in [-0.25, -0.2) is 9.97 Å². The van der Waals surface area contributed by atoms with Crippen LogP contribution >= 0.6 is 0 Å². The molecule has 3 heteroatoms. The van der Waals surface area contributed by atoms with Gasteiger partial charge in [-0.3, -0.25) is 4.90 Å². The highest BCUT2D eigenvalue weighted by Gasteiger charge is 1.98. The lowest BCUT2D eigenvalue weighted by molar-refractivity contribution is 0.358. The van der Waals surface area contributed by atoms with Crippen molar-refractivity contribution in [1.29, 1.82) is 0 Å². The van der Waals surface area contributed by atoms with Gasteiger partial charge in [0.1, 0.15) is 5.82 Å². The zero-order chi connectivity index (χ0) is 9.52. The van der Waals surface area contributed by atoms with Gasteiger partial charge in [-0.1, -0.05) is 5.92 Å². The van der Waals surface area contributed by atoms with Crippen molar-refractivity contribution in [2.75, 3.05) is 13.6 Å². The first-order valence-electron chi connectivity index (χ1n) is 4.17. The Hall–Kier alpha value is -1.40. The van der Waals surface area contributed by atoms with Crippen molar-refractivity contribution in [3.63, 3.8) is 0 Å². The number of aromatic nitrogens is 2. The Morgan fingerprint density at radius 1 is 1.38 bits per heavy atom. The van der Waals surface area contributed by atoms with Crippen LogP contribution in [0.5, 0.6) is 0 Å². The maximum atomic E-state index is 4.13. The zero-order valence-electron chi connectivity index (χ0n) is 7.99. The highest BCUT2D eigenvalue weighted by atomic mass is 15.1. The average Bonchev–Trinajstić information content (AvgIpc) is 2.16. The molecule has 0 N–H and O–H groups in total. The van der Waals surface area contributed by atoms with E-state index in [-0.39, 0.29) is 0 Å². The Labute approximate surface area is 78.8 Å². The van der Waals surface area contributed by atoms with E-state index in [9.17, 15) is 0 Å². The van der Waals surface area contributed by atoms with Crippen LogP contribution in [0.15, 0.2) is 18.5 Å². The van der Waals surface area contributed by atoms with Crippen LogP contribution in [0.1, 0.15) is 12.7 Å². The van der Waals surface area contributed by atoms with Gasteiger partial charge in [0, 0.05) is 12.4 Å². The second-order valence-corrected chi connectivity index (χ2v) is 2.76. The summed E-state index contributed by atoms with van der Waals surface area (Å²) in [5.41, 5.74) is 0. The van der Waals surface area contributed by atoms with E-state index in [0.717, 1.165) is 18.9 Å². The lowest BCUT2D eigenvalue weighted by Gasteiger charge is -2.10. The molecule has 1 heterocycles. The van der Waals surface area contributed by atoms with Gasteiger partial charge in [0.25, 0.3) is 0 Å². The van der Waals surface area contributed by atoms with E-state index >= 15 is 0 Å². The minimum atomic E-state index is 0.746. The molecule has 0 unspecified atom stereocenters. The Morgan fingerprint density at radius 3 is 2.69 bits per heavy atom. The predicted octanol–water partition coefficient (Wildman–Crippen LogP) is 0.932. The summed E-state index contributed by atoms with van der Waals surface area (Å²) in [5.74, 6) is 6.68. The van der Waals surface area contributed by atoms with Gasteiger partial charge in [-0.05, 0) is 20.0 Å². The summed E-state index contributed by atoms with van der Waals surface area (Å²) in [6.07, 6.45) is 3.50. The topological polar surface area (TPSA) is 29.0 Å². The largest absolute Gasteiger partial charge is 0.288 e. The Morgan fingerprint density at radius 2 is 2.08 bits per heavy atom. The molecule has 3 nitrogen and oxygen atoms in total. The van der Waals surface area contributed by atoms with Crippen LogP contribution < -0.4 is 0 Å². The number of hydrogen-bond donors (Lipinski definition) is 0. The van der Waals surface area contributed by atoms with E-state index in [1.54, 1.807) is 12.4 Å². The van der Waals surface area contributed by atoms with E-state index in [1.807, 2.05) is 20.0 Å². The summed E-state index contributed by atoms with van der Waals surface area (Å²) in [5, 5.41) is 0. The Balaban J connectivity index is 2.44. The van der Waals surface area contributed by atoms with E-state index < -0.39 is 0 Å². The molecule has 0 aliphatic heterocycles. The first-order valence-corrected chi connectivity index (χ1v) is 4.17. The molecular weight excluding hydrogens is 162 g/mol. The lowest BCUT2D eigenvalue weighted by atomic mass is 10.4. The molecule has 1 rings (SSSR count). The van der Waals surface area contributed by atoms with Gasteiger partial charge in [0.15, 0.2) is 0 Å². The van der Waals surface area contributed by atoms with Crippen molar-refractivity contribution in [1.82, 2.24) is 14.9 Å². The number of hydrogen-bond acceptors (Lipinski definition) is 3. The third kappa shape index (κ3) is 3.68. The first-order chi connectivity index (χ1) is 6.33. The molecule has 13 heavy (non-hydrogen) atoms. The minimum absolute atomic E-state index is 0.746. The molecule has 68 valence electrons. The van der Waals surface area contributed by atoms with Gasteiger partial charge in [0.2, 0.25) is 0 Å². The number of rotatable bonds is 3. The highest BCUT2D eigenvalue weighted by molar-refractivity contribution is 4.98. The molecule has 0 amide bonds. The summed E-state index contributed by atoms with van der Waals surface area (Å²) in [4.78, 5) is 10.3. The fraction of sp³-hybridized carbons (Fsp3) is 0.400. The van der Waals surface area contributed by atoms with Crippen LogP contribution in [0.25, 0.3) is 0 Å². The predicted molar refractivity (Wildman–Crippen MR) is 51.8 cm³/mol. The zero-order valence-corrected chi connectivity index (χ0v) is 7.99. The summed E-state index contributed by atoms with van der Waals surface area (Å²) in [7, 11) is 2.00. The van der Waals surface area contributed by atoms with Crippen molar-refractivity contribution in [2.45, 2.75) is 13.5 Å².